The maximum atomic E-state index is 14.0. The third-order valence-electron chi connectivity index (χ3n) is 5.36. The van der Waals surface area contributed by atoms with Crippen LogP contribution in [0.2, 0.25) is 0 Å². The molecule has 3 aromatic carbocycles. The highest BCUT2D eigenvalue weighted by Crippen LogP contribution is 2.40. The maximum Gasteiger partial charge on any atom is 0.423 e. The molecule has 0 amide bonds. The summed E-state index contributed by atoms with van der Waals surface area (Å²) in [5, 5.41) is 18.1. The topological polar surface area (TPSA) is 50.1 Å². The van der Waals surface area contributed by atoms with Gasteiger partial charge >= 0.3 is 6.18 Å². The van der Waals surface area contributed by atoms with Crippen molar-refractivity contribution in [2.45, 2.75) is 25.6 Å². The number of aliphatic hydroxyl groups is 1. The molecule has 0 spiro atoms. The molecule has 8 heteroatoms. The second kappa shape index (κ2) is 7.94. The van der Waals surface area contributed by atoms with Crippen molar-refractivity contribution in [2.75, 3.05) is 11.9 Å². The first kappa shape index (κ1) is 21.8. The minimum Gasteiger partial charge on any atom is -0.381 e. The summed E-state index contributed by atoms with van der Waals surface area (Å²) < 4.78 is 56.7. The van der Waals surface area contributed by atoms with Crippen molar-refractivity contribution in [1.29, 1.82) is 0 Å². The largest absolute Gasteiger partial charge is 0.423 e. The first-order valence-electron chi connectivity index (χ1n) is 9.92. The van der Waals surface area contributed by atoms with E-state index in [1.54, 1.807) is 12.1 Å². The Morgan fingerprint density at radius 1 is 0.938 bits per heavy atom. The molecular weight excluding hydrogens is 422 g/mol. The van der Waals surface area contributed by atoms with Crippen LogP contribution in [0.3, 0.4) is 0 Å². The molecule has 0 aliphatic carbocycles. The average Bonchev–Trinajstić information content (AvgIpc) is 3.14. The van der Waals surface area contributed by atoms with E-state index < -0.39 is 24.1 Å². The summed E-state index contributed by atoms with van der Waals surface area (Å²) >= 11 is 0. The molecule has 1 aromatic heterocycles. The zero-order valence-corrected chi connectivity index (χ0v) is 17.4. The van der Waals surface area contributed by atoms with Crippen LogP contribution in [0.1, 0.15) is 16.7 Å². The third-order valence-corrected chi connectivity index (χ3v) is 5.36. The maximum absolute atomic E-state index is 14.0. The predicted octanol–water partition coefficient (Wildman–Crippen LogP) is 5.64. The van der Waals surface area contributed by atoms with Gasteiger partial charge < -0.3 is 10.4 Å². The lowest BCUT2D eigenvalue weighted by atomic mass is 9.91. The van der Waals surface area contributed by atoms with E-state index in [2.05, 4.69) is 10.4 Å². The molecule has 4 nitrogen and oxygen atoms in total. The number of anilines is 1. The highest BCUT2D eigenvalue weighted by molar-refractivity contribution is 5.81. The lowest BCUT2D eigenvalue weighted by Gasteiger charge is -2.31. The van der Waals surface area contributed by atoms with Gasteiger partial charge in [0.25, 0.3) is 0 Å². The standard InChI is InChI=1S/C24H21F4N3O/c1-15-9-16(2)11-20(10-15)29-14-23(32,24(26,27)28)18-3-8-22-17(12-18)13-30-31(22)21-6-4-19(25)5-7-21/h3-13,29,32H,14H2,1-2H3. The number of hydrogen-bond acceptors (Lipinski definition) is 3. The minimum absolute atomic E-state index is 0.298. The van der Waals surface area contributed by atoms with Gasteiger partial charge in [-0.25, -0.2) is 9.07 Å². The van der Waals surface area contributed by atoms with Gasteiger partial charge in [0.05, 0.1) is 23.9 Å². The summed E-state index contributed by atoms with van der Waals surface area (Å²) in [6, 6.07) is 14.9. The second-order valence-electron chi connectivity index (χ2n) is 7.89. The summed E-state index contributed by atoms with van der Waals surface area (Å²) in [7, 11) is 0. The first-order chi connectivity index (χ1) is 15.1. The molecule has 0 saturated carbocycles. The van der Waals surface area contributed by atoms with Crippen molar-refractivity contribution in [1.82, 2.24) is 9.78 Å². The highest BCUT2D eigenvalue weighted by Gasteiger charge is 2.55. The van der Waals surface area contributed by atoms with E-state index in [4.69, 9.17) is 0 Å². The molecule has 32 heavy (non-hydrogen) atoms. The van der Waals surface area contributed by atoms with Gasteiger partial charge in [-0.3, -0.25) is 0 Å². The molecule has 0 saturated heterocycles. The Hall–Kier alpha value is -3.39. The van der Waals surface area contributed by atoms with Crippen molar-refractivity contribution >= 4 is 16.6 Å². The van der Waals surface area contributed by atoms with Crippen molar-refractivity contribution < 1.29 is 22.7 Å². The molecule has 1 heterocycles. The lowest BCUT2D eigenvalue weighted by molar-refractivity contribution is -0.260. The Morgan fingerprint density at radius 3 is 2.22 bits per heavy atom. The molecule has 0 bridgehead atoms. The number of halogens is 4. The van der Waals surface area contributed by atoms with E-state index in [1.165, 1.54) is 53.3 Å². The van der Waals surface area contributed by atoms with Gasteiger partial charge in [-0.15, -0.1) is 0 Å². The number of hydrogen-bond donors (Lipinski definition) is 2. The van der Waals surface area contributed by atoms with Crippen molar-refractivity contribution in [3.05, 3.63) is 89.4 Å². The summed E-state index contributed by atoms with van der Waals surface area (Å²) in [5.41, 5.74) is -0.0146. The van der Waals surface area contributed by atoms with Crippen LogP contribution in [-0.4, -0.2) is 27.6 Å². The molecule has 0 radical (unpaired) electrons. The Bertz CT molecular complexity index is 1240. The lowest BCUT2D eigenvalue weighted by Crippen LogP contribution is -2.47. The van der Waals surface area contributed by atoms with Crippen LogP contribution in [0.15, 0.2) is 66.9 Å². The summed E-state index contributed by atoms with van der Waals surface area (Å²) in [6.07, 6.45) is -3.50. The fourth-order valence-corrected chi connectivity index (χ4v) is 3.75. The van der Waals surface area contributed by atoms with E-state index in [0.717, 1.165) is 11.1 Å². The predicted molar refractivity (Wildman–Crippen MR) is 115 cm³/mol. The number of rotatable bonds is 5. The van der Waals surface area contributed by atoms with Crippen LogP contribution < -0.4 is 5.32 Å². The summed E-state index contributed by atoms with van der Waals surface area (Å²) in [4.78, 5) is 0. The smallest absolute Gasteiger partial charge is 0.381 e. The monoisotopic (exact) mass is 443 g/mol. The molecule has 0 fully saturated rings. The summed E-state index contributed by atoms with van der Waals surface area (Å²) in [6.45, 7) is 2.94. The quantitative estimate of drug-likeness (QED) is 0.392. The number of nitrogens with one attached hydrogen (secondary N) is 1. The molecule has 0 aliphatic heterocycles. The SMILES string of the molecule is Cc1cc(C)cc(NCC(O)(c2ccc3c(cnn3-c3ccc(F)cc3)c2)C(F)(F)F)c1. The van der Waals surface area contributed by atoms with Gasteiger partial charge in [0, 0.05) is 11.1 Å². The number of nitrogens with zero attached hydrogens (tertiary/aromatic N) is 2. The van der Waals surface area contributed by atoms with Crippen molar-refractivity contribution in [2.24, 2.45) is 0 Å². The van der Waals surface area contributed by atoms with Crippen LogP contribution >= 0.6 is 0 Å². The van der Waals surface area contributed by atoms with E-state index in [0.29, 0.717) is 22.3 Å². The Balaban J connectivity index is 1.70. The number of aromatic nitrogens is 2. The van der Waals surface area contributed by atoms with Gasteiger partial charge in [0.2, 0.25) is 5.60 Å². The summed E-state index contributed by atoms with van der Waals surface area (Å²) in [5.74, 6) is -0.404. The average molecular weight is 443 g/mol. The van der Waals surface area contributed by atoms with E-state index >= 15 is 0 Å². The Morgan fingerprint density at radius 2 is 1.59 bits per heavy atom. The number of aryl methyl sites for hydroxylation is 2. The van der Waals surface area contributed by atoms with Crippen LogP contribution in [0.4, 0.5) is 23.2 Å². The van der Waals surface area contributed by atoms with Gasteiger partial charge in [-0.05, 0) is 79.1 Å². The molecule has 1 unspecified atom stereocenters. The number of alkyl halides is 3. The fraction of sp³-hybridized carbons (Fsp3) is 0.208. The van der Waals surface area contributed by atoms with Gasteiger partial charge in [-0.1, -0.05) is 12.1 Å². The van der Waals surface area contributed by atoms with Crippen molar-refractivity contribution in [3.63, 3.8) is 0 Å². The Kier molecular flexibility index (Phi) is 5.42. The van der Waals surface area contributed by atoms with Crippen molar-refractivity contribution in [3.8, 4) is 5.69 Å². The molecule has 4 rings (SSSR count). The van der Waals surface area contributed by atoms with Crippen LogP contribution in [0.5, 0.6) is 0 Å². The van der Waals surface area contributed by atoms with Gasteiger partial charge in [0.1, 0.15) is 5.82 Å². The van der Waals surface area contributed by atoms with Gasteiger partial charge in [0.15, 0.2) is 0 Å². The Labute approximate surface area is 182 Å². The zero-order chi connectivity index (χ0) is 23.1. The highest BCUT2D eigenvalue weighted by atomic mass is 19.4. The number of benzene rings is 3. The normalized spacial score (nSPS) is 13.8. The first-order valence-corrected chi connectivity index (χ1v) is 9.92. The van der Waals surface area contributed by atoms with Gasteiger partial charge in [-0.2, -0.15) is 18.3 Å². The minimum atomic E-state index is -4.92. The molecule has 2 N–H and O–H groups in total. The molecular formula is C24H21F4N3O. The van der Waals surface area contributed by atoms with Crippen LogP contribution in [0, 0.1) is 19.7 Å². The van der Waals surface area contributed by atoms with Crippen LogP contribution in [-0.2, 0) is 5.60 Å². The molecule has 1 atom stereocenters. The molecule has 4 aromatic rings. The second-order valence-corrected chi connectivity index (χ2v) is 7.89. The molecule has 0 aliphatic rings. The molecule has 166 valence electrons. The van der Waals surface area contributed by atoms with Crippen LogP contribution in [0.25, 0.3) is 16.6 Å². The van der Waals surface area contributed by atoms with E-state index in [9.17, 15) is 22.7 Å². The zero-order valence-electron chi connectivity index (χ0n) is 17.4. The fourth-order valence-electron chi connectivity index (χ4n) is 3.75. The van der Waals surface area contributed by atoms with E-state index in [1.807, 2.05) is 19.9 Å². The number of fused-ring (bicyclic) bond motifs is 1. The third kappa shape index (κ3) is 4.05. The van der Waals surface area contributed by atoms with E-state index in [-0.39, 0.29) is 5.56 Å².